The van der Waals surface area contributed by atoms with Crippen LogP contribution in [0.15, 0.2) is 23.1 Å². The summed E-state index contributed by atoms with van der Waals surface area (Å²) in [7, 11) is 0. The van der Waals surface area contributed by atoms with Gasteiger partial charge in [-0.1, -0.05) is 13.3 Å². The summed E-state index contributed by atoms with van der Waals surface area (Å²) in [6.07, 6.45) is 2.86. The van der Waals surface area contributed by atoms with E-state index in [2.05, 4.69) is 5.32 Å². The molecule has 0 aromatic carbocycles. The molecule has 1 aromatic heterocycles. The molecular weight excluding hydrogens is 250 g/mol. The van der Waals surface area contributed by atoms with Gasteiger partial charge in [0.2, 0.25) is 5.91 Å². The van der Waals surface area contributed by atoms with Crippen molar-refractivity contribution in [2.75, 3.05) is 0 Å². The number of pyridine rings is 1. The van der Waals surface area contributed by atoms with E-state index in [4.69, 9.17) is 0 Å². The van der Waals surface area contributed by atoms with Crippen LogP contribution in [-0.2, 0) is 11.3 Å². The second-order valence-electron chi connectivity index (χ2n) is 4.37. The molecule has 1 heterocycles. The van der Waals surface area contributed by atoms with E-state index in [1.165, 1.54) is 0 Å². The number of carbonyl (C=O) groups is 1. The third-order valence-electron chi connectivity index (χ3n) is 2.62. The smallest absolute Gasteiger partial charge is 0.285 e. The first-order valence-electron chi connectivity index (χ1n) is 6.08. The van der Waals surface area contributed by atoms with Crippen LogP contribution < -0.4 is 10.9 Å². The number of hydrogen-bond donors (Lipinski definition) is 1. The van der Waals surface area contributed by atoms with Gasteiger partial charge in [-0.2, -0.15) is 0 Å². The van der Waals surface area contributed by atoms with Gasteiger partial charge in [0.1, 0.15) is 6.54 Å². The van der Waals surface area contributed by atoms with E-state index in [1.54, 1.807) is 0 Å². The van der Waals surface area contributed by atoms with Gasteiger partial charge in [0.15, 0.2) is 0 Å². The number of carbonyl (C=O) groups excluding carboxylic acids is 1. The van der Waals surface area contributed by atoms with Crippen molar-refractivity contribution in [3.8, 4) is 0 Å². The van der Waals surface area contributed by atoms with E-state index >= 15 is 0 Å². The molecule has 1 aromatic rings. The highest BCUT2D eigenvalue weighted by molar-refractivity contribution is 5.76. The van der Waals surface area contributed by atoms with Crippen molar-refractivity contribution in [2.24, 2.45) is 0 Å². The average Bonchev–Trinajstić information content (AvgIpc) is 2.31. The van der Waals surface area contributed by atoms with Gasteiger partial charge in [-0.15, -0.1) is 0 Å². The van der Waals surface area contributed by atoms with Gasteiger partial charge in [0.05, 0.1) is 11.1 Å². The van der Waals surface area contributed by atoms with Gasteiger partial charge in [-0.3, -0.25) is 24.3 Å². The predicted octanol–water partition coefficient (Wildman–Crippen LogP) is 1.06. The second-order valence-corrected chi connectivity index (χ2v) is 4.37. The Labute approximate surface area is 110 Å². The molecule has 0 radical (unpaired) electrons. The minimum Gasteiger partial charge on any atom is -0.352 e. The van der Waals surface area contributed by atoms with Gasteiger partial charge < -0.3 is 5.32 Å². The van der Waals surface area contributed by atoms with Crippen molar-refractivity contribution in [1.82, 2.24) is 9.88 Å². The summed E-state index contributed by atoms with van der Waals surface area (Å²) >= 11 is 0. The third-order valence-corrected chi connectivity index (χ3v) is 2.62. The zero-order valence-corrected chi connectivity index (χ0v) is 11.0. The molecule has 0 fully saturated rings. The molecule has 0 bridgehead atoms. The predicted molar refractivity (Wildman–Crippen MR) is 69.9 cm³/mol. The molecule has 7 heteroatoms. The summed E-state index contributed by atoms with van der Waals surface area (Å²) in [6.45, 7) is 3.67. The number of nitrogens with zero attached hydrogens (tertiary/aromatic N) is 2. The molecule has 0 aliphatic carbocycles. The minimum atomic E-state index is -0.604. The molecule has 1 amide bonds. The van der Waals surface area contributed by atoms with Crippen LogP contribution in [-0.4, -0.2) is 21.4 Å². The summed E-state index contributed by atoms with van der Waals surface area (Å²) in [5.41, 5.74) is -0.655. The van der Waals surface area contributed by atoms with Crippen LogP contribution in [0.4, 0.5) is 5.69 Å². The number of aromatic nitrogens is 1. The van der Waals surface area contributed by atoms with Gasteiger partial charge in [-0.05, 0) is 13.3 Å². The lowest BCUT2D eigenvalue weighted by molar-refractivity contribution is -0.385. The topological polar surface area (TPSA) is 94.2 Å². The molecule has 0 aliphatic heterocycles. The van der Waals surface area contributed by atoms with E-state index in [0.29, 0.717) is 0 Å². The number of nitro groups is 1. The lowest BCUT2D eigenvalue weighted by atomic mass is 10.2. The molecule has 1 N–H and O–H groups in total. The maximum absolute atomic E-state index is 11.7. The van der Waals surface area contributed by atoms with Crippen LogP contribution in [0.2, 0.25) is 0 Å². The molecule has 1 atom stereocenters. The maximum atomic E-state index is 11.7. The molecule has 1 unspecified atom stereocenters. The number of nitrogens with one attached hydrogen (secondary N) is 1. The van der Waals surface area contributed by atoms with Gasteiger partial charge in [0.25, 0.3) is 11.2 Å². The Morgan fingerprint density at radius 2 is 2.21 bits per heavy atom. The molecule has 7 nitrogen and oxygen atoms in total. The zero-order valence-electron chi connectivity index (χ0n) is 11.0. The van der Waals surface area contributed by atoms with Gasteiger partial charge >= 0.3 is 0 Å². The lowest BCUT2D eigenvalue weighted by Gasteiger charge is -2.13. The largest absolute Gasteiger partial charge is 0.352 e. The van der Waals surface area contributed by atoms with E-state index in [9.17, 15) is 19.7 Å². The van der Waals surface area contributed by atoms with Crippen LogP contribution in [0.3, 0.4) is 0 Å². The Morgan fingerprint density at radius 1 is 1.53 bits per heavy atom. The maximum Gasteiger partial charge on any atom is 0.285 e. The van der Waals surface area contributed by atoms with Crippen LogP contribution in [0, 0.1) is 10.1 Å². The minimum absolute atomic E-state index is 0.0203. The molecule has 104 valence electrons. The summed E-state index contributed by atoms with van der Waals surface area (Å²) in [6, 6.07) is 2.23. The van der Waals surface area contributed by atoms with Gasteiger partial charge in [-0.25, -0.2) is 0 Å². The van der Waals surface area contributed by atoms with Crippen molar-refractivity contribution in [3.05, 3.63) is 38.8 Å². The van der Waals surface area contributed by atoms with Crippen molar-refractivity contribution >= 4 is 11.6 Å². The number of amides is 1. The standard InChI is InChI=1S/C12H17N3O4/c1-3-4-9(2)13-11(16)8-14-7-10(15(18)19)5-6-12(14)17/h5-7,9H,3-4,8H2,1-2H3,(H,13,16). The molecule has 1 rings (SSSR count). The Morgan fingerprint density at radius 3 is 2.79 bits per heavy atom. The van der Waals surface area contributed by atoms with Crippen molar-refractivity contribution in [3.63, 3.8) is 0 Å². The second kappa shape index (κ2) is 6.67. The Bertz CT molecular complexity index is 524. The van der Waals surface area contributed by atoms with E-state index in [0.717, 1.165) is 35.7 Å². The quantitative estimate of drug-likeness (QED) is 0.616. The lowest BCUT2D eigenvalue weighted by Crippen LogP contribution is -2.37. The molecular formula is C12H17N3O4. The normalized spacial score (nSPS) is 11.9. The SMILES string of the molecule is CCCC(C)NC(=O)Cn1cc([N+](=O)[O-])ccc1=O. The zero-order chi connectivity index (χ0) is 14.4. The first-order valence-corrected chi connectivity index (χ1v) is 6.08. The van der Waals surface area contributed by atoms with Crippen LogP contribution in [0.25, 0.3) is 0 Å². The third kappa shape index (κ3) is 4.53. The van der Waals surface area contributed by atoms with E-state index in [-0.39, 0.29) is 24.2 Å². The van der Waals surface area contributed by atoms with Crippen molar-refractivity contribution < 1.29 is 9.72 Å². The fourth-order valence-electron chi connectivity index (χ4n) is 1.73. The highest BCUT2D eigenvalue weighted by Crippen LogP contribution is 2.06. The fourth-order valence-corrected chi connectivity index (χ4v) is 1.73. The van der Waals surface area contributed by atoms with Crippen LogP contribution >= 0.6 is 0 Å². The Balaban J connectivity index is 2.76. The first kappa shape index (κ1) is 14.9. The molecule has 19 heavy (non-hydrogen) atoms. The van der Waals surface area contributed by atoms with E-state index < -0.39 is 10.5 Å². The summed E-state index contributed by atoms with van der Waals surface area (Å²) in [4.78, 5) is 33.2. The Hall–Kier alpha value is -2.18. The summed E-state index contributed by atoms with van der Waals surface area (Å²) < 4.78 is 1.03. The summed E-state index contributed by atoms with van der Waals surface area (Å²) in [5, 5.41) is 13.3. The highest BCUT2D eigenvalue weighted by Gasteiger charge is 2.11. The fraction of sp³-hybridized carbons (Fsp3) is 0.500. The van der Waals surface area contributed by atoms with E-state index in [1.807, 2.05) is 13.8 Å². The monoisotopic (exact) mass is 267 g/mol. The van der Waals surface area contributed by atoms with Crippen molar-refractivity contribution in [1.29, 1.82) is 0 Å². The highest BCUT2D eigenvalue weighted by atomic mass is 16.6. The first-order chi connectivity index (χ1) is 8.93. The molecule has 0 saturated carbocycles. The number of rotatable bonds is 6. The number of hydrogen-bond acceptors (Lipinski definition) is 4. The summed E-state index contributed by atoms with van der Waals surface area (Å²) in [5.74, 6) is -0.330. The molecule has 0 saturated heterocycles. The molecule has 0 aliphatic rings. The van der Waals surface area contributed by atoms with Gasteiger partial charge in [0, 0.05) is 18.2 Å². The van der Waals surface area contributed by atoms with Crippen LogP contribution in [0.1, 0.15) is 26.7 Å². The Kier molecular flexibility index (Phi) is 5.23. The van der Waals surface area contributed by atoms with Crippen molar-refractivity contribution in [2.45, 2.75) is 39.3 Å². The van der Waals surface area contributed by atoms with Crippen LogP contribution in [0.5, 0.6) is 0 Å². The average molecular weight is 267 g/mol. The molecule has 0 spiro atoms.